The third kappa shape index (κ3) is 3.56. The van der Waals surface area contributed by atoms with Gasteiger partial charge in [-0.3, -0.25) is 4.79 Å². The molecule has 0 bridgehead atoms. The Morgan fingerprint density at radius 1 is 1.19 bits per heavy atom. The van der Waals surface area contributed by atoms with Gasteiger partial charge in [0.05, 0.1) is 10.2 Å². The van der Waals surface area contributed by atoms with Crippen molar-refractivity contribution in [2.24, 2.45) is 0 Å². The molecule has 3 nitrogen and oxygen atoms in total. The number of aromatic nitrogens is 1. The summed E-state index contributed by atoms with van der Waals surface area (Å²) >= 11 is 3.27. The molecule has 0 aliphatic rings. The average Bonchev–Trinajstić information content (AvgIpc) is 2.51. The lowest BCUT2D eigenvalue weighted by atomic mass is 10.1. The number of ether oxygens (including phenoxy) is 1. The molecule has 0 radical (unpaired) electrons. The maximum atomic E-state index is 12.1. The Balaban J connectivity index is 2.32. The molecule has 21 heavy (non-hydrogen) atoms. The number of rotatable bonds is 4. The van der Waals surface area contributed by atoms with Crippen LogP contribution in [0.5, 0.6) is 5.75 Å². The lowest BCUT2D eigenvalue weighted by molar-refractivity contribution is 0.370. The van der Waals surface area contributed by atoms with Crippen molar-refractivity contribution in [3.63, 3.8) is 0 Å². The van der Waals surface area contributed by atoms with E-state index in [4.69, 9.17) is 4.74 Å². The number of pyridine rings is 1. The third-order valence-corrected chi connectivity index (χ3v) is 3.69. The van der Waals surface area contributed by atoms with Crippen molar-refractivity contribution in [3.8, 4) is 28.8 Å². The van der Waals surface area contributed by atoms with Crippen molar-refractivity contribution < 1.29 is 4.74 Å². The van der Waals surface area contributed by atoms with E-state index in [0.717, 1.165) is 17.0 Å². The van der Waals surface area contributed by atoms with Gasteiger partial charge >= 0.3 is 0 Å². The normalized spacial score (nSPS) is 9.86. The van der Waals surface area contributed by atoms with Crippen LogP contribution in [-0.2, 0) is 6.54 Å². The Labute approximate surface area is 132 Å². The minimum Gasteiger partial charge on any atom is -0.481 e. The lowest BCUT2D eigenvalue weighted by Crippen LogP contribution is -2.21. The number of benzene rings is 1. The largest absolute Gasteiger partial charge is 0.481 e. The molecule has 1 heterocycles. The Kier molecular flexibility index (Phi) is 5.24. The first-order valence-electron chi connectivity index (χ1n) is 6.69. The van der Waals surface area contributed by atoms with Gasteiger partial charge in [0, 0.05) is 6.54 Å². The van der Waals surface area contributed by atoms with Gasteiger partial charge < -0.3 is 9.30 Å². The van der Waals surface area contributed by atoms with Gasteiger partial charge in [0.15, 0.2) is 0 Å². The van der Waals surface area contributed by atoms with Crippen LogP contribution in [0.3, 0.4) is 0 Å². The van der Waals surface area contributed by atoms with Crippen molar-refractivity contribution >= 4 is 15.9 Å². The van der Waals surface area contributed by atoms with Gasteiger partial charge in [-0.25, -0.2) is 0 Å². The molecule has 2 rings (SSSR count). The van der Waals surface area contributed by atoms with Gasteiger partial charge in [0.2, 0.25) is 0 Å². The van der Waals surface area contributed by atoms with E-state index in [-0.39, 0.29) is 5.56 Å². The second-order valence-corrected chi connectivity index (χ2v) is 5.21. The molecule has 0 N–H and O–H groups in total. The smallest absolute Gasteiger partial charge is 0.265 e. The zero-order valence-electron chi connectivity index (χ0n) is 12.0. The Bertz CT molecular complexity index is 736. The highest BCUT2D eigenvalue weighted by Gasteiger charge is 2.07. The summed E-state index contributed by atoms with van der Waals surface area (Å²) in [6, 6.07) is 11.4. The Morgan fingerprint density at radius 3 is 2.52 bits per heavy atom. The molecular formula is C17H16BrNO2. The standard InChI is InChI=1S/C17H16BrNO2/c1-3-5-12-21-14-8-6-13(7-9-14)16-11-10-15(18)17(20)19(16)4-2/h6-11H,4,12H2,1-2H3. The highest BCUT2D eigenvalue weighted by molar-refractivity contribution is 9.10. The van der Waals surface area contributed by atoms with E-state index in [2.05, 4.69) is 27.8 Å². The SMILES string of the molecule is CC#CCOc1ccc(-c2ccc(Br)c(=O)n2CC)cc1. The molecule has 4 heteroatoms. The minimum atomic E-state index is -0.0199. The number of halogens is 1. The highest BCUT2D eigenvalue weighted by Crippen LogP contribution is 2.22. The van der Waals surface area contributed by atoms with Crippen molar-refractivity contribution in [1.29, 1.82) is 0 Å². The molecule has 1 aromatic carbocycles. The third-order valence-electron chi connectivity index (χ3n) is 3.08. The first-order valence-corrected chi connectivity index (χ1v) is 7.49. The van der Waals surface area contributed by atoms with Crippen molar-refractivity contribution in [3.05, 3.63) is 51.2 Å². The number of nitrogens with zero attached hydrogens (tertiary/aromatic N) is 1. The molecule has 0 saturated heterocycles. The fraction of sp³-hybridized carbons (Fsp3) is 0.235. The Hall–Kier alpha value is -1.99. The van der Waals surface area contributed by atoms with Gasteiger partial charge in [-0.15, -0.1) is 5.92 Å². The summed E-state index contributed by atoms with van der Waals surface area (Å²) in [6.45, 7) is 4.74. The average molecular weight is 346 g/mol. The summed E-state index contributed by atoms with van der Waals surface area (Å²) < 4.78 is 7.80. The van der Waals surface area contributed by atoms with E-state index in [1.165, 1.54) is 0 Å². The monoisotopic (exact) mass is 345 g/mol. The van der Waals surface area contributed by atoms with E-state index >= 15 is 0 Å². The van der Waals surface area contributed by atoms with Gasteiger partial charge in [0.1, 0.15) is 12.4 Å². The van der Waals surface area contributed by atoms with E-state index < -0.39 is 0 Å². The summed E-state index contributed by atoms with van der Waals surface area (Å²) in [4.78, 5) is 12.1. The molecule has 0 spiro atoms. The van der Waals surface area contributed by atoms with Crippen LogP contribution in [0.25, 0.3) is 11.3 Å². The van der Waals surface area contributed by atoms with Gasteiger partial charge in [-0.2, -0.15) is 0 Å². The Morgan fingerprint density at radius 2 is 1.90 bits per heavy atom. The summed E-state index contributed by atoms with van der Waals surface area (Å²) in [5.41, 5.74) is 1.86. The van der Waals surface area contributed by atoms with Crippen LogP contribution < -0.4 is 10.3 Å². The first-order chi connectivity index (χ1) is 10.2. The predicted molar refractivity (Wildman–Crippen MR) is 88.5 cm³/mol. The minimum absolute atomic E-state index is 0.0199. The van der Waals surface area contributed by atoms with Crippen LogP contribution >= 0.6 is 15.9 Å². The maximum Gasteiger partial charge on any atom is 0.265 e. The topological polar surface area (TPSA) is 31.2 Å². The second kappa shape index (κ2) is 7.14. The van der Waals surface area contributed by atoms with Gasteiger partial charge in [0.25, 0.3) is 5.56 Å². The van der Waals surface area contributed by atoms with E-state index in [1.54, 1.807) is 17.6 Å². The molecule has 108 valence electrons. The summed E-state index contributed by atoms with van der Waals surface area (Å²) in [7, 11) is 0. The highest BCUT2D eigenvalue weighted by atomic mass is 79.9. The first kappa shape index (κ1) is 15.4. The molecule has 0 unspecified atom stereocenters. The van der Waals surface area contributed by atoms with Gasteiger partial charge in [-0.1, -0.05) is 5.92 Å². The molecule has 0 amide bonds. The van der Waals surface area contributed by atoms with E-state index in [1.807, 2.05) is 37.3 Å². The molecule has 0 atom stereocenters. The van der Waals surface area contributed by atoms with Crippen LogP contribution in [0.1, 0.15) is 13.8 Å². The number of hydrogen-bond acceptors (Lipinski definition) is 2. The summed E-state index contributed by atoms with van der Waals surface area (Å²) in [6.07, 6.45) is 0. The van der Waals surface area contributed by atoms with Crippen LogP contribution in [-0.4, -0.2) is 11.2 Å². The van der Waals surface area contributed by atoms with Gasteiger partial charge in [-0.05, 0) is 71.7 Å². The van der Waals surface area contributed by atoms with Crippen molar-refractivity contribution in [2.75, 3.05) is 6.61 Å². The van der Waals surface area contributed by atoms with Crippen molar-refractivity contribution in [2.45, 2.75) is 20.4 Å². The van der Waals surface area contributed by atoms with E-state index in [9.17, 15) is 4.79 Å². The summed E-state index contributed by atoms with van der Waals surface area (Å²) in [5.74, 6) is 6.40. The molecule has 0 aliphatic carbocycles. The molecule has 0 aliphatic heterocycles. The zero-order chi connectivity index (χ0) is 15.2. The molecule has 0 fully saturated rings. The fourth-order valence-electron chi connectivity index (χ4n) is 2.03. The maximum absolute atomic E-state index is 12.1. The number of hydrogen-bond donors (Lipinski definition) is 0. The van der Waals surface area contributed by atoms with Crippen LogP contribution in [0.2, 0.25) is 0 Å². The van der Waals surface area contributed by atoms with Crippen molar-refractivity contribution in [1.82, 2.24) is 4.57 Å². The van der Waals surface area contributed by atoms with E-state index in [0.29, 0.717) is 17.6 Å². The second-order valence-electron chi connectivity index (χ2n) is 4.36. The zero-order valence-corrected chi connectivity index (χ0v) is 13.6. The fourth-order valence-corrected chi connectivity index (χ4v) is 2.38. The van der Waals surface area contributed by atoms with Crippen LogP contribution in [0.4, 0.5) is 0 Å². The lowest BCUT2D eigenvalue weighted by Gasteiger charge is -2.12. The molecule has 0 saturated carbocycles. The summed E-state index contributed by atoms with van der Waals surface area (Å²) in [5, 5.41) is 0. The molecule has 1 aromatic heterocycles. The molecular weight excluding hydrogens is 330 g/mol. The van der Waals surface area contributed by atoms with Crippen LogP contribution in [0.15, 0.2) is 45.7 Å². The molecule has 2 aromatic rings. The predicted octanol–water partition coefficient (Wildman–Crippen LogP) is 3.70. The quantitative estimate of drug-likeness (QED) is 0.791. The van der Waals surface area contributed by atoms with Crippen LogP contribution in [0, 0.1) is 11.8 Å².